The molecule has 3 rings (SSSR count). The molecule has 4 heteroatoms. The highest BCUT2D eigenvalue weighted by Crippen LogP contribution is 2.31. The van der Waals surface area contributed by atoms with Crippen LogP contribution >= 0.6 is 0 Å². The molecule has 0 amide bonds. The lowest BCUT2D eigenvalue weighted by atomic mass is 9.85. The fourth-order valence-corrected chi connectivity index (χ4v) is 4.07. The zero-order valence-corrected chi connectivity index (χ0v) is 14.4. The highest BCUT2D eigenvalue weighted by molar-refractivity contribution is 5.58. The van der Waals surface area contributed by atoms with Gasteiger partial charge in [0.05, 0.1) is 12.3 Å². The first-order valence-corrected chi connectivity index (χ1v) is 9.22. The molecule has 128 valence electrons. The van der Waals surface area contributed by atoms with E-state index in [-0.39, 0.29) is 0 Å². The molecular formula is C19H31N3O. The highest BCUT2D eigenvalue weighted by atomic mass is 16.5. The Morgan fingerprint density at radius 3 is 2.39 bits per heavy atom. The first kappa shape index (κ1) is 16.6. The van der Waals surface area contributed by atoms with E-state index in [0.717, 1.165) is 44.0 Å². The Hall–Kier alpha value is -1.26. The lowest BCUT2D eigenvalue weighted by Crippen LogP contribution is -2.51. The van der Waals surface area contributed by atoms with Gasteiger partial charge in [-0.15, -0.1) is 0 Å². The summed E-state index contributed by atoms with van der Waals surface area (Å²) in [5.74, 6) is 1.79. The first-order chi connectivity index (χ1) is 11.3. The molecule has 0 aromatic heterocycles. The van der Waals surface area contributed by atoms with Crippen LogP contribution in [0.1, 0.15) is 32.6 Å². The second kappa shape index (κ2) is 8.02. The average molecular weight is 317 g/mol. The molecule has 1 aliphatic carbocycles. The zero-order valence-electron chi connectivity index (χ0n) is 14.4. The van der Waals surface area contributed by atoms with E-state index in [1.165, 1.54) is 44.5 Å². The predicted octanol–water partition coefficient (Wildman–Crippen LogP) is 2.72. The summed E-state index contributed by atoms with van der Waals surface area (Å²) in [6, 6.07) is 9.22. The van der Waals surface area contributed by atoms with Crippen molar-refractivity contribution in [3.8, 4) is 5.75 Å². The van der Waals surface area contributed by atoms with E-state index >= 15 is 0 Å². The molecule has 23 heavy (non-hydrogen) atoms. The number of benzene rings is 1. The molecule has 0 bridgehead atoms. The Bertz CT molecular complexity index is 477. The number of ether oxygens (including phenoxy) is 1. The van der Waals surface area contributed by atoms with Gasteiger partial charge in [0.1, 0.15) is 5.75 Å². The summed E-state index contributed by atoms with van der Waals surface area (Å²) in [4.78, 5) is 5.18. The largest absolute Gasteiger partial charge is 0.492 e. The number of nitrogens with two attached hydrogens (primary N) is 1. The Morgan fingerprint density at radius 1 is 1.04 bits per heavy atom. The van der Waals surface area contributed by atoms with Crippen LogP contribution in [0.5, 0.6) is 5.75 Å². The second-order valence-corrected chi connectivity index (χ2v) is 6.83. The monoisotopic (exact) mass is 317 g/mol. The van der Waals surface area contributed by atoms with Crippen molar-refractivity contribution in [1.29, 1.82) is 0 Å². The molecule has 1 aliphatic heterocycles. The molecule has 4 nitrogen and oxygen atoms in total. The average Bonchev–Trinajstić information content (AvgIpc) is 2.63. The van der Waals surface area contributed by atoms with Crippen LogP contribution in [-0.2, 0) is 0 Å². The first-order valence-electron chi connectivity index (χ1n) is 9.22. The molecule has 1 aromatic rings. The van der Waals surface area contributed by atoms with Gasteiger partial charge in [0.15, 0.2) is 0 Å². The van der Waals surface area contributed by atoms with Crippen LogP contribution in [0.3, 0.4) is 0 Å². The maximum atomic E-state index is 5.82. The van der Waals surface area contributed by atoms with Crippen molar-refractivity contribution in [3.05, 3.63) is 24.3 Å². The molecular weight excluding hydrogens is 286 g/mol. The van der Waals surface area contributed by atoms with Crippen molar-refractivity contribution >= 4 is 5.69 Å². The molecule has 0 unspecified atom stereocenters. The summed E-state index contributed by atoms with van der Waals surface area (Å²) in [6.45, 7) is 8.17. The molecule has 1 saturated carbocycles. The van der Waals surface area contributed by atoms with Gasteiger partial charge in [-0.05, 0) is 57.2 Å². The minimum atomic E-state index is 0.724. The summed E-state index contributed by atoms with van der Waals surface area (Å²) in [5, 5.41) is 0. The van der Waals surface area contributed by atoms with E-state index < -0.39 is 0 Å². The Labute approximate surface area is 140 Å². The lowest BCUT2D eigenvalue weighted by Gasteiger charge is -2.42. The van der Waals surface area contributed by atoms with Crippen molar-refractivity contribution in [2.45, 2.75) is 38.6 Å². The number of nitrogens with zero attached hydrogens (tertiary/aromatic N) is 2. The van der Waals surface area contributed by atoms with Gasteiger partial charge in [0.25, 0.3) is 0 Å². The van der Waals surface area contributed by atoms with Gasteiger partial charge in [-0.2, -0.15) is 0 Å². The van der Waals surface area contributed by atoms with Gasteiger partial charge in [-0.25, -0.2) is 0 Å². The van der Waals surface area contributed by atoms with Crippen LogP contribution in [0.25, 0.3) is 0 Å². The van der Waals surface area contributed by atoms with E-state index in [2.05, 4.69) is 34.1 Å². The van der Waals surface area contributed by atoms with Crippen LogP contribution in [0, 0.1) is 5.92 Å². The third-order valence-corrected chi connectivity index (χ3v) is 5.49. The molecule has 0 spiro atoms. The highest BCUT2D eigenvalue weighted by Gasteiger charge is 2.28. The van der Waals surface area contributed by atoms with E-state index in [9.17, 15) is 0 Å². The van der Waals surface area contributed by atoms with Gasteiger partial charge in [0.2, 0.25) is 0 Å². The summed E-state index contributed by atoms with van der Waals surface area (Å²) in [5.41, 5.74) is 7.07. The second-order valence-electron chi connectivity index (χ2n) is 6.83. The van der Waals surface area contributed by atoms with Crippen molar-refractivity contribution < 1.29 is 4.74 Å². The molecule has 1 aromatic carbocycles. The van der Waals surface area contributed by atoms with E-state index in [0.29, 0.717) is 0 Å². The Balaban J connectivity index is 1.55. The van der Waals surface area contributed by atoms with Gasteiger partial charge >= 0.3 is 0 Å². The fourth-order valence-electron chi connectivity index (χ4n) is 4.07. The van der Waals surface area contributed by atoms with Crippen molar-refractivity contribution in [2.75, 3.05) is 44.2 Å². The van der Waals surface area contributed by atoms with Crippen LogP contribution in [0.2, 0.25) is 0 Å². The SMILES string of the molecule is CCOc1ccccc1N1CCN(C2CCC(CN)CC2)CC1. The maximum absolute atomic E-state index is 5.82. The van der Waals surface area contributed by atoms with Crippen LogP contribution in [0.4, 0.5) is 5.69 Å². The minimum Gasteiger partial charge on any atom is -0.492 e. The van der Waals surface area contributed by atoms with Crippen molar-refractivity contribution in [1.82, 2.24) is 4.90 Å². The molecule has 2 fully saturated rings. The molecule has 1 heterocycles. The summed E-state index contributed by atoms with van der Waals surface area (Å²) in [7, 11) is 0. The number of anilines is 1. The Morgan fingerprint density at radius 2 is 1.74 bits per heavy atom. The van der Waals surface area contributed by atoms with Crippen LogP contribution < -0.4 is 15.4 Å². The topological polar surface area (TPSA) is 41.7 Å². The van der Waals surface area contributed by atoms with E-state index in [1.54, 1.807) is 0 Å². The minimum absolute atomic E-state index is 0.724. The fraction of sp³-hybridized carbons (Fsp3) is 0.684. The van der Waals surface area contributed by atoms with Gasteiger partial charge in [-0.1, -0.05) is 12.1 Å². The lowest BCUT2D eigenvalue weighted by molar-refractivity contribution is 0.130. The van der Waals surface area contributed by atoms with Crippen LogP contribution in [-0.4, -0.2) is 50.3 Å². The van der Waals surface area contributed by atoms with Gasteiger partial charge in [0, 0.05) is 32.2 Å². The van der Waals surface area contributed by atoms with Gasteiger partial charge < -0.3 is 15.4 Å². The summed E-state index contributed by atoms with van der Waals surface area (Å²) < 4.78 is 5.79. The van der Waals surface area contributed by atoms with Gasteiger partial charge in [-0.3, -0.25) is 4.90 Å². The molecule has 0 radical (unpaired) electrons. The molecule has 2 N–H and O–H groups in total. The van der Waals surface area contributed by atoms with E-state index in [4.69, 9.17) is 10.5 Å². The summed E-state index contributed by atoms with van der Waals surface area (Å²) >= 11 is 0. The normalized spacial score (nSPS) is 26.3. The summed E-state index contributed by atoms with van der Waals surface area (Å²) in [6.07, 6.45) is 5.29. The molecule has 2 aliphatic rings. The van der Waals surface area contributed by atoms with Crippen molar-refractivity contribution in [3.63, 3.8) is 0 Å². The maximum Gasteiger partial charge on any atom is 0.142 e. The zero-order chi connectivity index (χ0) is 16.1. The number of hydrogen-bond acceptors (Lipinski definition) is 4. The number of hydrogen-bond donors (Lipinski definition) is 1. The molecule has 0 atom stereocenters. The van der Waals surface area contributed by atoms with E-state index in [1.807, 2.05) is 6.92 Å². The number of para-hydroxylation sites is 2. The number of piperazine rings is 1. The quantitative estimate of drug-likeness (QED) is 0.907. The third kappa shape index (κ3) is 3.99. The molecule has 1 saturated heterocycles. The standard InChI is InChI=1S/C19H31N3O/c1-2-23-19-6-4-3-5-18(19)22-13-11-21(12-14-22)17-9-7-16(15-20)8-10-17/h3-6,16-17H,2,7-15,20H2,1H3. The number of rotatable bonds is 5. The van der Waals surface area contributed by atoms with Crippen LogP contribution in [0.15, 0.2) is 24.3 Å². The third-order valence-electron chi connectivity index (χ3n) is 5.49. The van der Waals surface area contributed by atoms with Crippen molar-refractivity contribution in [2.24, 2.45) is 11.7 Å². The Kier molecular flexibility index (Phi) is 5.79. The smallest absolute Gasteiger partial charge is 0.142 e. The predicted molar refractivity (Wildman–Crippen MR) is 96.2 cm³/mol.